The predicted molar refractivity (Wildman–Crippen MR) is 51.5 cm³/mol. The second kappa shape index (κ2) is 4.26. The number of hydrogen-bond acceptors (Lipinski definition) is 3. The molecule has 64 valence electrons. The SMILES string of the molecule is CSCc1ccncc1C(C)=O. The summed E-state index contributed by atoms with van der Waals surface area (Å²) in [4.78, 5) is 15.0. The van der Waals surface area contributed by atoms with Crippen molar-refractivity contribution in [1.82, 2.24) is 4.98 Å². The molecule has 1 aromatic rings. The molecule has 0 aliphatic rings. The van der Waals surface area contributed by atoms with Crippen molar-refractivity contribution in [3.05, 3.63) is 29.6 Å². The fourth-order valence-electron chi connectivity index (χ4n) is 1.02. The average molecular weight is 181 g/mol. The molecular formula is C9H11NOS. The molecule has 1 heterocycles. The number of hydrogen-bond donors (Lipinski definition) is 0. The average Bonchev–Trinajstić information content (AvgIpc) is 2.05. The highest BCUT2D eigenvalue weighted by Gasteiger charge is 2.05. The number of ketones is 1. The molecule has 0 bridgehead atoms. The number of carbonyl (C=O) groups excluding carboxylic acids is 1. The smallest absolute Gasteiger partial charge is 0.161 e. The summed E-state index contributed by atoms with van der Waals surface area (Å²) in [6, 6.07) is 1.90. The van der Waals surface area contributed by atoms with Gasteiger partial charge in [0, 0.05) is 23.7 Å². The highest BCUT2D eigenvalue weighted by Crippen LogP contribution is 2.13. The zero-order valence-corrected chi connectivity index (χ0v) is 8.02. The summed E-state index contributed by atoms with van der Waals surface area (Å²) in [5.74, 6) is 0.962. The van der Waals surface area contributed by atoms with Gasteiger partial charge in [0.15, 0.2) is 5.78 Å². The molecule has 0 N–H and O–H groups in total. The minimum absolute atomic E-state index is 0.0900. The lowest BCUT2D eigenvalue weighted by molar-refractivity contribution is 0.101. The minimum Gasteiger partial charge on any atom is -0.294 e. The number of rotatable bonds is 3. The standard InChI is InChI=1S/C9H11NOS/c1-7(11)9-5-10-4-3-8(9)6-12-2/h3-5H,6H2,1-2H3. The lowest BCUT2D eigenvalue weighted by Crippen LogP contribution is -1.98. The molecule has 0 amide bonds. The van der Waals surface area contributed by atoms with E-state index in [1.54, 1.807) is 31.1 Å². The highest BCUT2D eigenvalue weighted by molar-refractivity contribution is 7.97. The predicted octanol–water partition coefficient (Wildman–Crippen LogP) is 2.15. The summed E-state index contributed by atoms with van der Waals surface area (Å²) in [7, 11) is 0. The van der Waals surface area contributed by atoms with Crippen LogP contribution in [0.2, 0.25) is 0 Å². The van der Waals surface area contributed by atoms with Crippen molar-refractivity contribution >= 4 is 17.5 Å². The zero-order chi connectivity index (χ0) is 8.97. The first-order valence-electron chi connectivity index (χ1n) is 3.68. The van der Waals surface area contributed by atoms with Crippen LogP contribution in [0, 0.1) is 0 Å². The van der Waals surface area contributed by atoms with Gasteiger partial charge >= 0.3 is 0 Å². The third-order valence-corrected chi connectivity index (χ3v) is 2.19. The Kier molecular flexibility index (Phi) is 3.29. The molecule has 1 aromatic heterocycles. The van der Waals surface area contributed by atoms with Gasteiger partial charge < -0.3 is 0 Å². The molecule has 0 unspecified atom stereocenters. The van der Waals surface area contributed by atoms with Crippen LogP contribution in [0.5, 0.6) is 0 Å². The Hall–Kier alpha value is -0.830. The van der Waals surface area contributed by atoms with Crippen molar-refractivity contribution in [2.75, 3.05) is 6.26 Å². The molecule has 3 heteroatoms. The van der Waals surface area contributed by atoms with Crippen LogP contribution in [0.1, 0.15) is 22.8 Å². The second-order valence-electron chi connectivity index (χ2n) is 2.52. The van der Waals surface area contributed by atoms with Gasteiger partial charge in [0.25, 0.3) is 0 Å². The van der Waals surface area contributed by atoms with E-state index in [0.717, 1.165) is 16.9 Å². The summed E-state index contributed by atoms with van der Waals surface area (Å²) in [6.07, 6.45) is 5.37. The van der Waals surface area contributed by atoms with E-state index in [1.165, 1.54) is 0 Å². The van der Waals surface area contributed by atoms with Crippen LogP contribution in [0.15, 0.2) is 18.5 Å². The molecule has 0 aliphatic carbocycles. The summed E-state index contributed by atoms with van der Waals surface area (Å²) in [5.41, 5.74) is 1.82. The number of Topliss-reactive ketones (excluding diaryl/α,β-unsaturated/α-hetero) is 1. The van der Waals surface area contributed by atoms with E-state index in [4.69, 9.17) is 0 Å². The summed E-state index contributed by atoms with van der Waals surface area (Å²) < 4.78 is 0. The van der Waals surface area contributed by atoms with E-state index in [2.05, 4.69) is 4.98 Å². The van der Waals surface area contributed by atoms with Crippen LogP contribution in [-0.2, 0) is 5.75 Å². The lowest BCUT2D eigenvalue weighted by Gasteiger charge is -2.02. The number of nitrogens with zero attached hydrogens (tertiary/aromatic N) is 1. The van der Waals surface area contributed by atoms with Gasteiger partial charge in [0.2, 0.25) is 0 Å². The third kappa shape index (κ3) is 2.08. The van der Waals surface area contributed by atoms with Crippen LogP contribution in [0.4, 0.5) is 0 Å². The molecule has 0 fully saturated rings. The van der Waals surface area contributed by atoms with Crippen molar-refractivity contribution in [2.24, 2.45) is 0 Å². The first kappa shape index (κ1) is 9.26. The van der Waals surface area contributed by atoms with E-state index in [1.807, 2.05) is 12.3 Å². The fourth-order valence-corrected chi connectivity index (χ4v) is 1.58. The van der Waals surface area contributed by atoms with Gasteiger partial charge in [-0.3, -0.25) is 9.78 Å². The van der Waals surface area contributed by atoms with Gasteiger partial charge in [-0.25, -0.2) is 0 Å². The molecule has 0 radical (unpaired) electrons. The topological polar surface area (TPSA) is 30.0 Å². The van der Waals surface area contributed by atoms with Gasteiger partial charge in [-0.1, -0.05) is 0 Å². The minimum atomic E-state index is 0.0900. The van der Waals surface area contributed by atoms with Crippen LogP contribution in [0.25, 0.3) is 0 Å². The van der Waals surface area contributed by atoms with Gasteiger partial charge in [-0.2, -0.15) is 11.8 Å². The van der Waals surface area contributed by atoms with Crippen LogP contribution in [0.3, 0.4) is 0 Å². The quantitative estimate of drug-likeness (QED) is 0.669. The molecule has 1 rings (SSSR count). The van der Waals surface area contributed by atoms with Gasteiger partial charge in [0.05, 0.1) is 0 Å². The maximum atomic E-state index is 11.1. The Morgan fingerprint density at radius 1 is 1.67 bits per heavy atom. The maximum Gasteiger partial charge on any atom is 0.161 e. The maximum absolute atomic E-state index is 11.1. The number of pyridine rings is 1. The number of carbonyl (C=O) groups is 1. The van der Waals surface area contributed by atoms with E-state index in [-0.39, 0.29) is 5.78 Å². The first-order chi connectivity index (χ1) is 5.75. The lowest BCUT2D eigenvalue weighted by atomic mass is 10.1. The van der Waals surface area contributed by atoms with Crippen LogP contribution >= 0.6 is 11.8 Å². The fraction of sp³-hybridized carbons (Fsp3) is 0.333. The van der Waals surface area contributed by atoms with Gasteiger partial charge in [-0.15, -0.1) is 0 Å². The normalized spacial score (nSPS) is 9.83. The van der Waals surface area contributed by atoms with Gasteiger partial charge in [-0.05, 0) is 24.8 Å². The number of aromatic nitrogens is 1. The largest absolute Gasteiger partial charge is 0.294 e. The molecule has 0 atom stereocenters. The Morgan fingerprint density at radius 2 is 2.42 bits per heavy atom. The van der Waals surface area contributed by atoms with Crippen molar-refractivity contribution in [3.63, 3.8) is 0 Å². The van der Waals surface area contributed by atoms with E-state index in [9.17, 15) is 4.79 Å². The second-order valence-corrected chi connectivity index (χ2v) is 3.39. The van der Waals surface area contributed by atoms with Crippen molar-refractivity contribution in [3.8, 4) is 0 Å². The summed E-state index contributed by atoms with van der Waals surface area (Å²) >= 11 is 1.71. The monoisotopic (exact) mass is 181 g/mol. The Bertz CT molecular complexity index is 286. The van der Waals surface area contributed by atoms with E-state index < -0.39 is 0 Å². The van der Waals surface area contributed by atoms with Gasteiger partial charge in [0.1, 0.15) is 0 Å². The zero-order valence-electron chi connectivity index (χ0n) is 7.20. The molecule has 2 nitrogen and oxygen atoms in total. The molecule has 0 saturated carbocycles. The summed E-state index contributed by atoms with van der Waals surface area (Å²) in [6.45, 7) is 1.57. The molecule has 0 saturated heterocycles. The molecule has 12 heavy (non-hydrogen) atoms. The van der Waals surface area contributed by atoms with Crippen molar-refractivity contribution in [2.45, 2.75) is 12.7 Å². The Balaban J connectivity index is 3.00. The number of thioether (sulfide) groups is 1. The Morgan fingerprint density at radius 3 is 3.00 bits per heavy atom. The molecular weight excluding hydrogens is 170 g/mol. The summed E-state index contributed by atoms with van der Waals surface area (Å²) in [5, 5.41) is 0. The third-order valence-electron chi connectivity index (χ3n) is 1.59. The first-order valence-corrected chi connectivity index (χ1v) is 5.08. The van der Waals surface area contributed by atoms with Crippen molar-refractivity contribution in [1.29, 1.82) is 0 Å². The molecule has 0 aliphatic heterocycles. The Labute approximate surface area is 76.4 Å². The van der Waals surface area contributed by atoms with E-state index in [0.29, 0.717) is 0 Å². The van der Waals surface area contributed by atoms with Crippen LogP contribution < -0.4 is 0 Å². The van der Waals surface area contributed by atoms with E-state index >= 15 is 0 Å². The van der Waals surface area contributed by atoms with Crippen molar-refractivity contribution < 1.29 is 4.79 Å². The highest BCUT2D eigenvalue weighted by atomic mass is 32.2. The molecule has 0 spiro atoms. The molecule has 0 aromatic carbocycles. The van der Waals surface area contributed by atoms with Crippen LogP contribution in [-0.4, -0.2) is 17.0 Å².